The van der Waals surface area contributed by atoms with Crippen LogP contribution >= 0.6 is 36.6 Å². The number of nitrogens with two attached hydrogens (primary N) is 1. The number of thioether (sulfide) groups is 1. The van der Waals surface area contributed by atoms with E-state index in [9.17, 15) is 4.79 Å². The molecule has 1 aromatic heterocycles. The Hall–Kier alpha value is -0.950. The molecule has 0 aliphatic rings. The van der Waals surface area contributed by atoms with Crippen molar-refractivity contribution < 1.29 is 4.79 Å². The van der Waals surface area contributed by atoms with E-state index in [4.69, 9.17) is 5.73 Å². The second-order valence-electron chi connectivity index (χ2n) is 4.24. The van der Waals surface area contributed by atoms with Crippen LogP contribution in [-0.4, -0.2) is 34.4 Å². The number of para-hydroxylation sites is 2. The fraction of sp³-hybridized carbons (Fsp3) is 0.385. The number of halogens is 2. The van der Waals surface area contributed by atoms with Crippen molar-refractivity contribution in [3.63, 3.8) is 0 Å². The number of nitrogens with one attached hydrogen (secondary N) is 2. The van der Waals surface area contributed by atoms with Crippen molar-refractivity contribution in [2.45, 2.75) is 12.5 Å². The normalized spacial score (nSPS) is 11.3. The minimum absolute atomic E-state index is 0. The first-order valence-corrected chi connectivity index (χ1v) is 7.57. The number of amides is 1. The second kappa shape index (κ2) is 9.89. The van der Waals surface area contributed by atoms with E-state index in [2.05, 4.69) is 15.3 Å². The fourth-order valence-electron chi connectivity index (χ4n) is 1.90. The lowest BCUT2D eigenvalue weighted by molar-refractivity contribution is -0.120. The summed E-state index contributed by atoms with van der Waals surface area (Å²) in [7, 11) is 0. The Morgan fingerprint density at radius 2 is 2.14 bits per heavy atom. The van der Waals surface area contributed by atoms with Gasteiger partial charge < -0.3 is 16.0 Å². The van der Waals surface area contributed by atoms with Gasteiger partial charge in [0.1, 0.15) is 5.82 Å². The summed E-state index contributed by atoms with van der Waals surface area (Å²) in [4.78, 5) is 19.3. The monoisotopic (exact) mass is 350 g/mol. The minimum Gasteiger partial charge on any atom is -0.345 e. The first kappa shape index (κ1) is 20.1. The van der Waals surface area contributed by atoms with Gasteiger partial charge >= 0.3 is 0 Å². The van der Waals surface area contributed by atoms with Crippen LogP contribution in [0.15, 0.2) is 24.3 Å². The maximum atomic E-state index is 11.5. The lowest BCUT2D eigenvalue weighted by Crippen LogP contribution is -2.34. The van der Waals surface area contributed by atoms with Gasteiger partial charge in [-0.2, -0.15) is 11.8 Å². The van der Waals surface area contributed by atoms with Crippen molar-refractivity contribution in [2.24, 2.45) is 5.73 Å². The van der Waals surface area contributed by atoms with Crippen LogP contribution < -0.4 is 11.1 Å². The Morgan fingerprint density at radius 3 is 2.76 bits per heavy atom. The van der Waals surface area contributed by atoms with E-state index in [0.717, 1.165) is 29.0 Å². The Morgan fingerprint density at radius 1 is 1.43 bits per heavy atom. The molecule has 0 aliphatic carbocycles. The molecule has 1 heterocycles. The van der Waals surface area contributed by atoms with Crippen molar-refractivity contribution in [3.8, 4) is 0 Å². The standard InChI is InChI=1S/C13H18N4OS.2ClH/c1-19-7-6-11(15-12(18)8-14)13-16-9-4-2-3-5-10(9)17-13;;/h2-5,11H,6-8,14H2,1H3,(H,15,18)(H,16,17);2*1H. The second-order valence-corrected chi connectivity index (χ2v) is 5.23. The van der Waals surface area contributed by atoms with Crippen molar-refractivity contribution in [3.05, 3.63) is 30.1 Å². The molecule has 0 aliphatic heterocycles. The molecule has 5 nitrogen and oxygen atoms in total. The quantitative estimate of drug-likeness (QED) is 0.746. The molecule has 1 unspecified atom stereocenters. The topological polar surface area (TPSA) is 83.8 Å². The summed E-state index contributed by atoms with van der Waals surface area (Å²) in [5.41, 5.74) is 7.25. The zero-order valence-electron chi connectivity index (χ0n) is 11.7. The number of hydrogen-bond acceptors (Lipinski definition) is 4. The Balaban J connectivity index is 0.00000200. The summed E-state index contributed by atoms with van der Waals surface area (Å²) in [5.74, 6) is 1.58. The third kappa shape index (κ3) is 5.39. The van der Waals surface area contributed by atoms with Gasteiger partial charge in [0.05, 0.1) is 23.6 Å². The predicted octanol–water partition coefficient (Wildman–Crippen LogP) is 2.28. The van der Waals surface area contributed by atoms with Crippen LogP contribution in [0.2, 0.25) is 0 Å². The van der Waals surface area contributed by atoms with E-state index in [1.54, 1.807) is 11.8 Å². The van der Waals surface area contributed by atoms with Crippen molar-refractivity contribution >= 4 is 53.5 Å². The third-order valence-corrected chi connectivity index (χ3v) is 3.51. The number of aromatic amines is 1. The molecule has 0 spiro atoms. The Kier molecular flexibility index (Phi) is 9.44. The average Bonchev–Trinajstić information content (AvgIpc) is 2.86. The molecule has 1 atom stereocenters. The smallest absolute Gasteiger partial charge is 0.234 e. The van der Waals surface area contributed by atoms with E-state index in [1.165, 1.54) is 0 Å². The zero-order chi connectivity index (χ0) is 13.7. The van der Waals surface area contributed by atoms with Crippen molar-refractivity contribution in [1.29, 1.82) is 0 Å². The molecule has 4 N–H and O–H groups in total. The number of aromatic nitrogens is 2. The van der Waals surface area contributed by atoms with Gasteiger partial charge in [-0.15, -0.1) is 24.8 Å². The number of imidazole rings is 1. The molecule has 2 aromatic rings. The summed E-state index contributed by atoms with van der Waals surface area (Å²) in [6, 6.07) is 7.71. The lowest BCUT2D eigenvalue weighted by Gasteiger charge is -2.15. The highest BCUT2D eigenvalue weighted by atomic mass is 35.5. The van der Waals surface area contributed by atoms with E-state index in [0.29, 0.717) is 0 Å². The zero-order valence-corrected chi connectivity index (χ0v) is 14.1. The van der Waals surface area contributed by atoms with Crippen molar-refractivity contribution in [2.75, 3.05) is 18.6 Å². The predicted molar refractivity (Wildman–Crippen MR) is 93.5 cm³/mol. The summed E-state index contributed by atoms with van der Waals surface area (Å²) in [6.45, 7) is -0.00397. The molecular formula is C13H20Cl2N4OS. The van der Waals surface area contributed by atoms with Gasteiger partial charge in [-0.1, -0.05) is 12.1 Å². The largest absolute Gasteiger partial charge is 0.345 e. The fourth-order valence-corrected chi connectivity index (χ4v) is 2.38. The van der Waals surface area contributed by atoms with Crippen LogP contribution in [0, 0.1) is 0 Å². The van der Waals surface area contributed by atoms with Gasteiger partial charge in [0.15, 0.2) is 0 Å². The van der Waals surface area contributed by atoms with Crippen LogP contribution in [0.3, 0.4) is 0 Å². The molecule has 21 heavy (non-hydrogen) atoms. The van der Waals surface area contributed by atoms with E-state index < -0.39 is 0 Å². The van der Waals surface area contributed by atoms with E-state index in [-0.39, 0.29) is 43.3 Å². The number of carbonyl (C=O) groups is 1. The van der Waals surface area contributed by atoms with Crippen LogP contribution in [-0.2, 0) is 4.79 Å². The molecule has 8 heteroatoms. The summed E-state index contributed by atoms with van der Waals surface area (Å²) >= 11 is 1.74. The Bertz CT molecular complexity index is 531. The first-order chi connectivity index (χ1) is 9.24. The number of nitrogens with zero attached hydrogens (tertiary/aromatic N) is 1. The third-order valence-electron chi connectivity index (χ3n) is 2.87. The van der Waals surface area contributed by atoms with Gasteiger partial charge in [-0.3, -0.25) is 4.79 Å². The highest BCUT2D eigenvalue weighted by molar-refractivity contribution is 7.98. The molecule has 0 radical (unpaired) electrons. The minimum atomic E-state index is -0.161. The van der Waals surface area contributed by atoms with Gasteiger partial charge in [0.2, 0.25) is 5.91 Å². The van der Waals surface area contributed by atoms with E-state index in [1.807, 2.05) is 30.5 Å². The van der Waals surface area contributed by atoms with Crippen LogP contribution in [0.4, 0.5) is 0 Å². The van der Waals surface area contributed by atoms with Gasteiger partial charge in [0.25, 0.3) is 0 Å². The molecule has 2 rings (SSSR count). The molecule has 0 saturated carbocycles. The number of H-pyrrole nitrogens is 1. The van der Waals surface area contributed by atoms with Gasteiger partial charge in [0, 0.05) is 0 Å². The average molecular weight is 351 g/mol. The number of fused-ring (bicyclic) bond motifs is 1. The Labute approximate surface area is 140 Å². The van der Waals surface area contributed by atoms with Crippen LogP contribution in [0.25, 0.3) is 11.0 Å². The highest BCUT2D eigenvalue weighted by Gasteiger charge is 2.17. The highest BCUT2D eigenvalue weighted by Crippen LogP contribution is 2.19. The molecule has 1 aromatic carbocycles. The lowest BCUT2D eigenvalue weighted by atomic mass is 10.2. The molecule has 0 fully saturated rings. The van der Waals surface area contributed by atoms with E-state index >= 15 is 0 Å². The first-order valence-electron chi connectivity index (χ1n) is 6.17. The molecule has 0 saturated heterocycles. The molecule has 1 amide bonds. The number of benzene rings is 1. The number of hydrogen-bond donors (Lipinski definition) is 3. The van der Waals surface area contributed by atoms with Crippen molar-refractivity contribution in [1.82, 2.24) is 15.3 Å². The SMILES string of the molecule is CSCCC(NC(=O)CN)c1nc2ccccc2[nH]1.Cl.Cl. The summed E-state index contributed by atoms with van der Waals surface area (Å²) in [5, 5.41) is 2.91. The summed E-state index contributed by atoms with van der Waals surface area (Å²) < 4.78 is 0. The maximum Gasteiger partial charge on any atom is 0.234 e. The van der Waals surface area contributed by atoms with Crippen LogP contribution in [0.1, 0.15) is 18.3 Å². The number of rotatable bonds is 6. The van der Waals surface area contributed by atoms with Gasteiger partial charge in [-0.25, -0.2) is 4.98 Å². The summed E-state index contributed by atoms with van der Waals surface area (Å²) in [6.07, 6.45) is 2.87. The van der Waals surface area contributed by atoms with Crippen LogP contribution in [0.5, 0.6) is 0 Å². The van der Waals surface area contributed by atoms with Gasteiger partial charge in [-0.05, 0) is 30.6 Å². The maximum absolute atomic E-state index is 11.5. The number of carbonyl (C=O) groups excluding carboxylic acids is 1. The molecular weight excluding hydrogens is 331 g/mol. The molecule has 118 valence electrons. The molecule has 0 bridgehead atoms.